The minimum absolute atomic E-state index is 0.236. The summed E-state index contributed by atoms with van der Waals surface area (Å²) in [4.78, 5) is 25.2. The molecule has 1 radical (unpaired) electrons. The van der Waals surface area contributed by atoms with Crippen molar-refractivity contribution < 1.29 is 19.2 Å². The highest BCUT2D eigenvalue weighted by Crippen LogP contribution is 2.44. The third-order valence-corrected chi connectivity index (χ3v) is 6.84. The number of nitro benzene ring substituents is 1. The Balaban J connectivity index is 2.18. The van der Waals surface area contributed by atoms with Gasteiger partial charge in [-0.05, 0) is 52.0 Å². The lowest BCUT2D eigenvalue weighted by molar-refractivity contribution is -0.383. The molecule has 2 aliphatic rings. The van der Waals surface area contributed by atoms with Crippen LogP contribution in [-0.4, -0.2) is 37.1 Å². The van der Waals surface area contributed by atoms with Crippen LogP contribution in [0.1, 0.15) is 38.1 Å². The van der Waals surface area contributed by atoms with E-state index in [4.69, 9.17) is 10.2 Å². The monoisotopic (exact) mass is 502 g/mol. The van der Waals surface area contributed by atoms with Crippen molar-refractivity contribution in [1.29, 1.82) is 0 Å². The molecule has 2 aromatic carbocycles. The zero-order valence-electron chi connectivity index (χ0n) is 21.4. The Labute approximate surface area is 214 Å². The summed E-state index contributed by atoms with van der Waals surface area (Å²) in [5.41, 5.74) is 7.67. The van der Waals surface area contributed by atoms with Crippen molar-refractivity contribution in [2.45, 2.75) is 27.7 Å². The molecule has 9 heteroatoms. The van der Waals surface area contributed by atoms with Crippen LogP contribution in [0.2, 0.25) is 0 Å². The molecule has 37 heavy (non-hydrogen) atoms. The van der Waals surface area contributed by atoms with E-state index in [2.05, 4.69) is 37.2 Å². The molecule has 1 aliphatic carbocycles. The Morgan fingerprint density at radius 1 is 0.973 bits per heavy atom. The molecule has 0 bridgehead atoms. The van der Waals surface area contributed by atoms with Gasteiger partial charge in [0, 0.05) is 59.1 Å². The average molecular weight is 503 g/mol. The fraction of sp³-hybridized carbons (Fsp3) is 0.286. The van der Waals surface area contributed by atoms with Crippen LogP contribution in [0.5, 0.6) is 0 Å². The molecule has 0 unspecified atom stereocenters. The molecule has 9 nitrogen and oxygen atoms in total. The Morgan fingerprint density at radius 3 is 2.24 bits per heavy atom. The van der Waals surface area contributed by atoms with Crippen molar-refractivity contribution in [1.82, 2.24) is 4.58 Å². The normalized spacial score (nSPS) is 11.1. The number of carbonyl (C=O) groups excluding carboxylic acids is 1. The van der Waals surface area contributed by atoms with Gasteiger partial charge in [0.15, 0.2) is 0 Å². The van der Waals surface area contributed by atoms with Gasteiger partial charge in [0.05, 0.1) is 11.0 Å². The summed E-state index contributed by atoms with van der Waals surface area (Å²) in [5, 5.41) is 25.4. The molecule has 1 aliphatic heterocycles. The third kappa shape index (κ3) is 4.48. The van der Waals surface area contributed by atoms with Gasteiger partial charge in [-0.1, -0.05) is 0 Å². The first-order valence-corrected chi connectivity index (χ1v) is 12.4. The number of hydrogen-bond acceptors (Lipinski definition) is 6. The number of nitrogen functional groups attached to an aromatic ring is 1. The lowest BCUT2D eigenvalue weighted by atomic mass is 9.89. The number of fused-ring (bicyclic) bond motifs is 2. The van der Waals surface area contributed by atoms with E-state index in [1.807, 2.05) is 36.4 Å². The van der Waals surface area contributed by atoms with Crippen LogP contribution >= 0.6 is 0 Å². The summed E-state index contributed by atoms with van der Waals surface area (Å²) in [6, 6.07) is 14.2. The first kappa shape index (κ1) is 25.7. The molecule has 0 aromatic heterocycles. The van der Waals surface area contributed by atoms with Crippen LogP contribution in [0.3, 0.4) is 0 Å². The summed E-state index contributed by atoms with van der Waals surface area (Å²) in [5.74, 6) is -1.03. The Morgan fingerprint density at radius 2 is 1.65 bits per heavy atom. The number of nitrogens with zero attached hydrogens (tertiary/aromatic N) is 3. The van der Waals surface area contributed by atoms with Gasteiger partial charge in [-0.25, -0.2) is 14.5 Å². The lowest BCUT2D eigenvalue weighted by Crippen LogP contribution is -2.29. The molecule has 191 valence electrons. The Bertz CT molecular complexity index is 1550. The molecule has 2 aromatic rings. The van der Waals surface area contributed by atoms with E-state index < -0.39 is 27.8 Å². The highest BCUT2D eigenvalue weighted by Gasteiger charge is 2.28. The van der Waals surface area contributed by atoms with Gasteiger partial charge >= 0.3 is 5.97 Å². The van der Waals surface area contributed by atoms with Gasteiger partial charge in [-0.15, -0.1) is 0 Å². The summed E-state index contributed by atoms with van der Waals surface area (Å²) in [6.07, 6.45) is 0. The molecule has 0 amide bonds. The van der Waals surface area contributed by atoms with Gasteiger partial charge in [0.2, 0.25) is 5.36 Å². The minimum atomic E-state index is -1.59. The maximum Gasteiger partial charge on any atom is 0.389 e. The largest absolute Gasteiger partial charge is 0.456 e. The molecule has 0 saturated carbocycles. The summed E-state index contributed by atoms with van der Waals surface area (Å²) in [7, 11) is 0. The highest BCUT2D eigenvalue weighted by atomic mass is 16.6. The maximum absolute atomic E-state index is 12.3. The second kappa shape index (κ2) is 10.3. The predicted octanol–water partition coefficient (Wildman–Crippen LogP) is 4.92. The quantitative estimate of drug-likeness (QED) is 0.120. The molecule has 0 atom stereocenters. The number of nitro groups is 1. The molecule has 2 N–H and O–H groups in total. The topological polar surface area (TPSA) is 126 Å². The zero-order chi connectivity index (χ0) is 26.9. The Kier molecular flexibility index (Phi) is 7.15. The van der Waals surface area contributed by atoms with Crippen molar-refractivity contribution in [3.63, 3.8) is 0 Å². The molecule has 0 spiro atoms. The van der Waals surface area contributed by atoms with E-state index in [9.17, 15) is 20.0 Å². The van der Waals surface area contributed by atoms with E-state index in [1.54, 1.807) is 0 Å². The fourth-order valence-electron chi connectivity index (χ4n) is 4.92. The van der Waals surface area contributed by atoms with Crippen LogP contribution in [0.4, 0.5) is 17.1 Å². The van der Waals surface area contributed by atoms with Crippen molar-refractivity contribution in [3.05, 3.63) is 69.6 Å². The van der Waals surface area contributed by atoms with E-state index in [0.717, 1.165) is 37.2 Å². The highest BCUT2D eigenvalue weighted by molar-refractivity contribution is 6.11. The van der Waals surface area contributed by atoms with E-state index >= 15 is 0 Å². The summed E-state index contributed by atoms with van der Waals surface area (Å²) in [6.45, 7) is 11.5. The van der Waals surface area contributed by atoms with Crippen LogP contribution in [0, 0.1) is 10.1 Å². The van der Waals surface area contributed by atoms with Crippen molar-refractivity contribution in [2.24, 2.45) is 0 Å². The zero-order valence-corrected chi connectivity index (χ0v) is 21.4. The van der Waals surface area contributed by atoms with Crippen LogP contribution in [0.15, 0.2) is 52.9 Å². The first-order valence-electron chi connectivity index (χ1n) is 12.4. The van der Waals surface area contributed by atoms with E-state index in [0.29, 0.717) is 27.9 Å². The number of nitrogens with two attached hydrogens (primary N) is 1. The smallest absolute Gasteiger partial charge is 0.389 e. The van der Waals surface area contributed by atoms with Gasteiger partial charge in [-0.3, -0.25) is 10.1 Å². The molecule has 4 rings (SSSR count). The molecule has 1 heterocycles. The molecule has 0 saturated heterocycles. The number of anilines is 2. The van der Waals surface area contributed by atoms with Crippen molar-refractivity contribution in [2.75, 3.05) is 36.8 Å². The second-order valence-electron chi connectivity index (χ2n) is 8.65. The predicted molar refractivity (Wildman–Crippen MR) is 144 cm³/mol. The van der Waals surface area contributed by atoms with Crippen molar-refractivity contribution in [3.8, 4) is 22.5 Å². The molecular weight excluding hydrogens is 472 g/mol. The van der Waals surface area contributed by atoms with Gasteiger partial charge in [0.1, 0.15) is 35.7 Å². The SMILES string of the molecule is CCN(CC)c1ccc2c(-c3ccc([N+](=O)[O-])c(N)c3C([O])=O)c3ccc(=[N+](CC)CC)cc-3oc2c1. The second-order valence-corrected chi connectivity index (χ2v) is 8.65. The van der Waals surface area contributed by atoms with E-state index in [-0.39, 0.29) is 5.56 Å². The number of benzene rings is 3. The Hall–Kier alpha value is -4.40. The molecular formula is C28H30N4O5+. The minimum Gasteiger partial charge on any atom is -0.456 e. The number of carbonyl (C=O) groups is 1. The lowest BCUT2D eigenvalue weighted by Gasteiger charge is -2.22. The van der Waals surface area contributed by atoms with Crippen LogP contribution in [-0.2, 0) is 5.11 Å². The average Bonchev–Trinajstić information content (AvgIpc) is 2.88. The third-order valence-electron chi connectivity index (χ3n) is 6.84. The molecule has 0 fully saturated rings. The number of hydrogen-bond donors (Lipinski definition) is 1. The summed E-state index contributed by atoms with van der Waals surface area (Å²) >= 11 is 0. The van der Waals surface area contributed by atoms with Gasteiger partial charge in [0.25, 0.3) is 5.69 Å². The van der Waals surface area contributed by atoms with Crippen LogP contribution < -0.4 is 20.6 Å². The van der Waals surface area contributed by atoms with Crippen LogP contribution in [0.25, 0.3) is 33.4 Å². The van der Waals surface area contributed by atoms with Gasteiger partial charge in [-0.2, -0.15) is 0 Å². The maximum atomic E-state index is 12.3. The summed E-state index contributed by atoms with van der Waals surface area (Å²) < 4.78 is 8.59. The number of rotatable bonds is 8. The van der Waals surface area contributed by atoms with E-state index in [1.165, 1.54) is 12.1 Å². The first-order chi connectivity index (χ1) is 17.7. The standard InChI is InChI=1S/C28H30N4O5/c1-5-30(6-2)17-9-11-19-23(15-17)37-24-16-18(31(7-3)8-4)10-12-20(24)25(19)21-13-14-22(32(35)36)27(29)26(21)28(33)34/h9-16H,5-8,29H2,1-4H3/q+1. The fourth-order valence-corrected chi connectivity index (χ4v) is 4.92. The van der Waals surface area contributed by atoms with Crippen molar-refractivity contribution >= 4 is 34.0 Å². The van der Waals surface area contributed by atoms with Gasteiger partial charge < -0.3 is 15.1 Å².